The summed E-state index contributed by atoms with van der Waals surface area (Å²) in [6, 6.07) is -0.145. The van der Waals surface area contributed by atoms with Crippen molar-refractivity contribution in [1.29, 1.82) is 0 Å². The molecular formula is C13H19N3O4S. The lowest BCUT2D eigenvalue weighted by Crippen LogP contribution is -2.43. The lowest BCUT2D eigenvalue weighted by Gasteiger charge is -2.31. The molecule has 1 fully saturated rings. The molecule has 0 saturated carbocycles. The number of thiazole rings is 1. The molecule has 7 nitrogen and oxygen atoms in total. The number of amides is 2. The van der Waals surface area contributed by atoms with Gasteiger partial charge in [0.1, 0.15) is 0 Å². The monoisotopic (exact) mass is 313 g/mol. The number of hydrogen-bond donors (Lipinski definition) is 2. The van der Waals surface area contributed by atoms with E-state index in [0.29, 0.717) is 18.2 Å². The Kier molecular flexibility index (Phi) is 5.51. The molecular weight excluding hydrogens is 294 g/mol. The van der Waals surface area contributed by atoms with Gasteiger partial charge in [0, 0.05) is 24.2 Å². The van der Waals surface area contributed by atoms with Gasteiger partial charge in [-0.25, -0.2) is 9.78 Å². The third-order valence-electron chi connectivity index (χ3n) is 3.23. The van der Waals surface area contributed by atoms with E-state index in [0.717, 1.165) is 17.7 Å². The highest BCUT2D eigenvalue weighted by Crippen LogP contribution is 2.19. The Morgan fingerprint density at radius 1 is 1.52 bits per heavy atom. The second-order valence-electron chi connectivity index (χ2n) is 4.91. The number of likely N-dealkylation sites (tertiary alicyclic amines) is 1. The van der Waals surface area contributed by atoms with Crippen LogP contribution in [0.3, 0.4) is 0 Å². The Balaban J connectivity index is 1.70. The van der Waals surface area contributed by atoms with E-state index >= 15 is 0 Å². The van der Waals surface area contributed by atoms with Crippen LogP contribution in [0.5, 0.6) is 0 Å². The third kappa shape index (κ3) is 4.98. The molecule has 1 saturated heterocycles. The average Bonchev–Trinajstić information content (AvgIpc) is 2.84. The fourth-order valence-electron chi connectivity index (χ4n) is 2.12. The van der Waals surface area contributed by atoms with Gasteiger partial charge in [-0.2, -0.15) is 0 Å². The van der Waals surface area contributed by atoms with Gasteiger partial charge in [-0.1, -0.05) is 0 Å². The number of aryl methyl sites for hydroxylation is 1. The molecule has 0 spiro atoms. The minimum Gasteiger partial charge on any atom is -0.481 e. The number of nitrogens with one attached hydrogen (secondary N) is 1. The van der Waals surface area contributed by atoms with Crippen LogP contribution in [0.4, 0.5) is 9.93 Å². The van der Waals surface area contributed by atoms with E-state index in [4.69, 9.17) is 9.84 Å². The lowest BCUT2D eigenvalue weighted by molar-refractivity contribution is -0.138. The van der Waals surface area contributed by atoms with E-state index in [-0.39, 0.29) is 25.2 Å². The highest BCUT2D eigenvalue weighted by Gasteiger charge is 2.23. The molecule has 21 heavy (non-hydrogen) atoms. The van der Waals surface area contributed by atoms with Crippen molar-refractivity contribution < 1.29 is 19.4 Å². The summed E-state index contributed by atoms with van der Waals surface area (Å²) >= 11 is 1.44. The van der Waals surface area contributed by atoms with Crippen molar-refractivity contribution in [1.82, 2.24) is 9.88 Å². The van der Waals surface area contributed by atoms with Crippen LogP contribution < -0.4 is 5.32 Å². The van der Waals surface area contributed by atoms with Crippen molar-refractivity contribution in [3.8, 4) is 0 Å². The molecule has 1 aromatic rings. The Morgan fingerprint density at radius 3 is 2.81 bits per heavy atom. The predicted octanol–water partition coefficient (Wildman–Crippen LogP) is 1.94. The number of hydrogen-bond acceptors (Lipinski definition) is 5. The standard InChI is InChI=1S/C13H19N3O4S/c1-9-8-14-12(21-9)15-13(19)16-5-2-10(3-6-16)20-7-4-11(17)18/h8,10H,2-7H2,1H3,(H,17,18)(H,14,15,19). The third-order valence-corrected chi connectivity index (χ3v) is 4.06. The van der Waals surface area contributed by atoms with Gasteiger partial charge in [-0.05, 0) is 19.8 Å². The van der Waals surface area contributed by atoms with Gasteiger partial charge in [0.25, 0.3) is 0 Å². The first kappa shape index (κ1) is 15.7. The number of nitrogens with zero attached hydrogens (tertiary/aromatic N) is 2. The second kappa shape index (κ2) is 7.37. The highest BCUT2D eigenvalue weighted by molar-refractivity contribution is 7.15. The van der Waals surface area contributed by atoms with Crippen molar-refractivity contribution >= 4 is 28.5 Å². The number of anilines is 1. The van der Waals surface area contributed by atoms with Crippen LogP contribution in [0.2, 0.25) is 0 Å². The van der Waals surface area contributed by atoms with Crippen molar-refractivity contribution in [2.24, 2.45) is 0 Å². The molecule has 1 aliphatic rings. The normalized spacial score (nSPS) is 16.0. The second-order valence-corrected chi connectivity index (χ2v) is 6.14. The summed E-state index contributed by atoms with van der Waals surface area (Å²) in [4.78, 5) is 29.3. The van der Waals surface area contributed by atoms with E-state index in [1.807, 2.05) is 6.92 Å². The number of carboxylic acid groups (broad SMARTS) is 1. The molecule has 1 aliphatic heterocycles. The van der Waals surface area contributed by atoms with E-state index in [1.54, 1.807) is 11.1 Å². The van der Waals surface area contributed by atoms with E-state index < -0.39 is 5.97 Å². The van der Waals surface area contributed by atoms with Crippen molar-refractivity contribution in [2.45, 2.75) is 32.3 Å². The number of piperidine rings is 1. The van der Waals surface area contributed by atoms with Crippen LogP contribution in [-0.2, 0) is 9.53 Å². The summed E-state index contributed by atoms with van der Waals surface area (Å²) in [6.07, 6.45) is 3.23. The van der Waals surface area contributed by atoms with Crippen LogP contribution in [0.15, 0.2) is 6.20 Å². The van der Waals surface area contributed by atoms with Crippen molar-refractivity contribution in [2.75, 3.05) is 25.0 Å². The highest BCUT2D eigenvalue weighted by atomic mass is 32.1. The SMILES string of the molecule is Cc1cnc(NC(=O)N2CCC(OCCC(=O)O)CC2)s1. The molecule has 0 atom stereocenters. The van der Waals surface area contributed by atoms with Crippen LogP contribution >= 0.6 is 11.3 Å². The fraction of sp³-hybridized carbons (Fsp3) is 0.615. The number of rotatable bonds is 5. The summed E-state index contributed by atoms with van der Waals surface area (Å²) in [5.74, 6) is -0.856. The van der Waals surface area contributed by atoms with Gasteiger partial charge in [-0.15, -0.1) is 11.3 Å². The number of carbonyl (C=O) groups excluding carboxylic acids is 1. The van der Waals surface area contributed by atoms with Gasteiger partial charge in [0.2, 0.25) is 0 Å². The molecule has 1 aromatic heterocycles. The maximum absolute atomic E-state index is 12.0. The summed E-state index contributed by atoms with van der Waals surface area (Å²) in [5.41, 5.74) is 0. The van der Waals surface area contributed by atoms with Crippen molar-refractivity contribution in [3.05, 3.63) is 11.1 Å². The zero-order valence-corrected chi connectivity index (χ0v) is 12.7. The molecule has 0 radical (unpaired) electrons. The quantitative estimate of drug-likeness (QED) is 0.866. The minimum atomic E-state index is -0.856. The van der Waals surface area contributed by atoms with Gasteiger partial charge in [-0.3, -0.25) is 10.1 Å². The molecule has 8 heteroatoms. The van der Waals surface area contributed by atoms with E-state index in [9.17, 15) is 9.59 Å². The van der Waals surface area contributed by atoms with Gasteiger partial charge < -0.3 is 14.7 Å². The number of carbonyl (C=O) groups is 2. The number of aliphatic carboxylic acids is 1. The number of carboxylic acids is 1. The van der Waals surface area contributed by atoms with Gasteiger partial charge >= 0.3 is 12.0 Å². The first-order chi connectivity index (χ1) is 10.0. The maximum Gasteiger partial charge on any atom is 0.323 e. The first-order valence-electron chi connectivity index (χ1n) is 6.86. The number of aromatic nitrogens is 1. The lowest BCUT2D eigenvalue weighted by atomic mass is 10.1. The summed E-state index contributed by atoms with van der Waals surface area (Å²) in [6.45, 7) is 3.37. The van der Waals surface area contributed by atoms with Crippen LogP contribution in [0.25, 0.3) is 0 Å². The maximum atomic E-state index is 12.0. The minimum absolute atomic E-state index is 0.0180. The summed E-state index contributed by atoms with van der Waals surface area (Å²) < 4.78 is 5.49. The van der Waals surface area contributed by atoms with Crippen LogP contribution in [0.1, 0.15) is 24.1 Å². The molecule has 2 heterocycles. The molecule has 2 N–H and O–H groups in total. The van der Waals surface area contributed by atoms with Crippen LogP contribution in [-0.4, -0.2) is 52.8 Å². The molecule has 0 aromatic carbocycles. The molecule has 0 bridgehead atoms. The first-order valence-corrected chi connectivity index (χ1v) is 7.68. The Labute approximate surface area is 126 Å². The molecule has 116 valence electrons. The zero-order valence-electron chi connectivity index (χ0n) is 11.9. The Morgan fingerprint density at radius 2 is 2.24 bits per heavy atom. The molecule has 0 aliphatic carbocycles. The molecule has 0 unspecified atom stereocenters. The summed E-state index contributed by atoms with van der Waals surface area (Å²) in [5, 5.41) is 11.9. The summed E-state index contributed by atoms with van der Waals surface area (Å²) in [7, 11) is 0. The fourth-order valence-corrected chi connectivity index (χ4v) is 2.78. The Bertz CT molecular complexity index is 497. The molecule has 2 amide bonds. The molecule has 2 rings (SSSR count). The van der Waals surface area contributed by atoms with Gasteiger partial charge in [0.15, 0.2) is 5.13 Å². The van der Waals surface area contributed by atoms with Gasteiger partial charge in [0.05, 0.1) is 19.1 Å². The van der Waals surface area contributed by atoms with E-state index in [2.05, 4.69) is 10.3 Å². The topological polar surface area (TPSA) is 91.8 Å². The number of urea groups is 1. The number of ether oxygens (including phenoxy) is 1. The predicted molar refractivity (Wildman–Crippen MR) is 78.7 cm³/mol. The largest absolute Gasteiger partial charge is 0.481 e. The Hall–Kier alpha value is -1.67. The zero-order chi connectivity index (χ0) is 15.2. The smallest absolute Gasteiger partial charge is 0.323 e. The average molecular weight is 313 g/mol. The van der Waals surface area contributed by atoms with Crippen molar-refractivity contribution in [3.63, 3.8) is 0 Å². The van der Waals surface area contributed by atoms with E-state index in [1.165, 1.54) is 11.3 Å². The van der Waals surface area contributed by atoms with Crippen LogP contribution in [0, 0.1) is 6.92 Å².